The first kappa shape index (κ1) is 13.5. The summed E-state index contributed by atoms with van der Waals surface area (Å²) in [6.07, 6.45) is 0. The molecule has 0 atom stereocenters. The maximum atomic E-state index is 4.76. The van der Waals surface area contributed by atoms with Gasteiger partial charge < -0.3 is 5.32 Å². The Labute approximate surface area is 142 Å². The van der Waals surface area contributed by atoms with Gasteiger partial charge in [-0.15, -0.1) is 0 Å². The van der Waals surface area contributed by atoms with E-state index in [0.29, 0.717) is 0 Å². The lowest BCUT2D eigenvalue weighted by molar-refractivity contribution is 1.48. The highest BCUT2D eigenvalue weighted by molar-refractivity contribution is 14.1. The third-order valence-electron chi connectivity index (χ3n) is 3.68. The van der Waals surface area contributed by atoms with Gasteiger partial charge >= 0.3 is 0 Å². The first-order chi connectivity index (χ1) is 10.8. The van der Waals surface area contributed by atoms with Gasteiger partial charge in [-0.3, -0.25) is 0 Å². The van der Waals surface area contributed by atoms with E-state index in [4.69, 9.17) is 4.98 Å². The molecule has 4 aromatic rings. The summed E-state index contributed by atoms with van der Waals surface area (Å²) >= 11 is 2.33. The van der Waals surface area contributed by atoms with Crippen LogP contribution in [-0.4, -0.2) is 4.98 Å². The van der Waals surface area contributed by atoms with E-state index in [-0.39, 0.29) is 0 Å². The van der Waals surface area contributed by atoms with Crippen LogP contribution in [0.3, 0.4) is 0 Å². The number of fused-ring (bicyclic) bond motifs is 2. The van der Waals surface area contributed by atoms with Crippen molar-refractivity contribution in [3.8, 4) is 0 Å². The Hall–Kier alpha value is -2.14. The van der Waals surface area contributed by atoms with Crippen LogP contribution in [0.25, 0.3) is 21.8 Å². The lowest BCUT2D eigenvalue weighted by atomic mass is 10.1. The van der Waals surface area contributed by atoms with Crippen LogP contribution in [0.2, 0.25) is 0 Å². The molecule has 0 aliphatic carbocycles. The number of halogens is 1. The van der Waals surface area contributed by atoms with E-state index in [0.717, 1.165) is 33.2 Å². The molecule has 4 rings (SSSR count). The number of aromatic nitrogens is 1. The van der Waals surface area contributed by atoms with E-state index < -0.39 is 0 Å². The van der Waals surface area contributed by atoms with Crippen LogP contribution >= 0.6 is 22.6 Å². The molecule has 0 unspecified atom stereocenters. The van der Waals surface area contributed by atoms with E-state index in [2.05, 4.69) is 88.6 Å². The average molecular weight is 396 g/mol. The molecule has 0 aliphatic rings. The van der Waals surface area contributed by atoms with Crippen molar-refractivity contribution in [2.75, 3.05) is 5.32 Å². The van der Waals surface area contributed by atoms with Crippen molar-refractivity contribution in [3.05, 3.63) is 76.4 Å². The van der Waals surface area contributed by atoms with E-state index in [1.54, 1.807) is 0 Å². The number of hydrogen-bond donors (Lipinski definition) is 1. The Morgan fingerprint density at radius 1 is 0.727 bits per heavy atom. The standard InChI is InChI=1S/C19H13IN2/c20-13-6-5-7-14(12-13)21-19-15-8-1-3-10-17(15)22-18-11-4-2-9-16(18)19/h1-12H,(H,21,22). The molecule has 0 amide bonds. The summed E-state index contributed by atoms with van der Waals surface area (Å²) in [5, 5.41) is 5.86. The highest BCUT2D eigenvalue weighted by Crippen LogP contribution is 2.33. The van der Waals surface area contributed by atoms with E-state index in [1.165, 1.54) is 3.57 Å². The molecule has 1 heterocycles. The van der Waals surface area contributed by atoms with Gasteiger partial charge in [-0.2, -0.15) is 0 Å². The van der Waals surface area contributed by atoms with Gasteiger partial charge in [-0.05, 0) is 52.9 Å². The molecule has 22 heavy (non-hydrogen) atoms. The smallest absolute Gasteiger partial charge is 0.0730 e. The van der Waals surface area contributed by atoms with Gasteiger partial charge in [0.2, 0.25) is 0 Å². The zero-order valence-corrected chi connectivity index (χ0v) is 13.9. The second-order valence-corrected chi connectivity index (χ2v) is 6.40. The Bertz CT molecular complexity index is 925. The zero-order chi connectivity index (χ0) is 14.9. The molecular weight excluding hydrogens is 383 g/mol. The van der Waals surface area contributed by atoms with Crippen molar-refractivity contribution in [1.82, 2.24) is 4.98 Å². The molecule has 0 radical (unpaired) electrons. The van der Waals surface area contributed by atoms with Crippen molar-refractivity contribution in [2.45, 2.75) is 0 Å². The van der Waals surface area contributed by atoms with Gasteiger partial charge in [-0.1, -0.05) is 42.5 Å². The van der Waals surface area contributed by atoms with Crippen LogP contribution < -0.4 is 5.32 Å². The number of pyridine rings is 1. The molecule has 0 aliphatic heterocycles. The van der Waals surface area contributed by atoms with Gasteiger partial charge in [0.15, 0.2) is 0 Å². The summed E-state index contributed by atoms with van der Waals surface area (Å²) in [5.74, 6) is 0. The fourth-order valence-electron chi connectivity index (χ4n) is 2.69. The Morgan fingerprint density at radius 3 is 2.00 bits per heavy atom. The fourth-order valence-corrected chi connectivity index (χ4v) is 3.23. The van der Waals surface area contributed by atoms with E-state index in [1.807, 2.05) is 12.1 Å². The second-order valence-electron chi connectivity index (χ2n) is 5.16. The summed E-state index contributed by atoms with van der Waals surface area (Å²) in [7, 11) is 0. The maximum absolute atomic E-state index is 4.76. The molecule has 0 bridgehead atoms. The van der Waals surface area contributed by atoms with Crippen molar-refractivity contribution in [1.29, 1.82) is 0 Å². The van der Waals surface area contributed by atoms with Gasteiger partial charge in [0, 0.05) is 20.0 Å². The van der Waals surface area contributed by atoms with Crippen LogP contribution in [0.4, 0.5) is 11.4 Å². The van der Waals surface area contributed by atoms with Crippen LogP contribution in [-0.2, 0) is 0 Å². The van der Waals surface area contributed by atoms with Crippen molar-refractivity contribution < 1.29 is 0 Å². The topological polar surface area (TPSA) is 24.9 Å². The number of nitrogens with zero attached hydrogens (tertiary/aromatic N) is 1. The van der Waals surface area contributed by atoms with E-state index >= 15 is 0 Å². The molecule has 0 saturated heterocycles. The lowest BCUT2D eigenvalue weighted by Crippen LogP contribution is -1.95. The average Bonchev–Trinajstić information content (AvgIpc) is 2.55. The molecule has 0 spiro atoms. The predicted octanol–water partition coefficient (Wildman–Crippen LogP) is 5.74. The SMILES string of the molecule is Ic1cccc(Nc2c3ccccc3nc3ccccc23)c1. The number of nitrogens with one attached hydrogen (secondary N) is 1. The highest BCUT2D eigenvalue weighted by atomic mass is 127. The molecule has 3 heteroatoms. The molecule has 0 saturated carbocycles. The molecule has 106 valence electrons. The van der Waals surface area contributed by atoms with Crippen molar-refractivity contribution in [3.63, 3.8) is 0 Å². The summed E-state index contributed by atoms with van der Waals surface area (Å²) in [6, 6.07) is 24.9. The maximum Gasteiger partial charge on any atom is 0.0730 e. The minimum Gasteiger partial charge on any atom is -0.354 e. The minimum absolute atomic E-state index is 1.01. The Morgan fingerprint density at radius 2 is 1.36 bits per heavy atom. The molecule has 3 aromatic carbocycles. The fraction of sp³-hybridized carbons (Fsp3) is 0. The number of anilines is 2. The number of benzene rings is 3. The molecule has 2 nitrogen and oxygen atoms in total. The summed E-state index contributed by atoms with van der Waals surface area (Å²) in [5.41, 5.74) is 4.22. The molecule has 1 N–H and O–H groups in total. The van der Waals surface area contributed by atoms with E-state index in [9.17, 15) is 0 Å². The lowest BCUT2D eigenvalue weighted by Gasteiger charge is -2.13. The van der Waals surface area contributed by atoms with Crippen LogP contribution in [0.5, 0.6) is 0 Å². The van der Waals surface area contributed by atoms with Gasteiger partial charge in [0.05, 0.1) is 16.7 Å². The number of rotatable bonds is 2. The predicted molar refractivity (Wildman–Crippen MR) is 102 cm³/mol. The van der Waals surface area contributed by atoms with Crippen molar-refractivity contribution in [2.24, 2.45) is 0 Å². The third kappa shape index (κ3) is 2.41. The van der Waals surface area contributed by atoms with Gasteiger partial charge in [0.1, 0.15) is 0 Å². The van der Waals surface area contributed by atoms with Crippen LogP contribution in [0.15, 0.2) is 72.8 Å². The molecular formula is C19H13IN2. The summed E-state index contributed by atoms with van der Waals surface area (Å²) < 4.78 is 1.21. The zero-order valence-electron chi connectivity index (χ0n) is 11.8. The van der Waals surface area contributed by atoms with Gasteiger partial charge in [-0.25, -0.2) is 4.98 Å². The highest BCUT2D eigenvalue weighted by Gasteiger charge is 2.08. The first-order valence-corrected chi connectivity index (χ1v) is 8.19. The Kier molecular flexibility index (Phi) is 3.42. The van der Waals surface area contributed by atoms with Crippen LogP contribution in [0, 0.1) is 3.57 Å². The number of para-hydroxylation sites is 2. The second kappa shape index (κ2) is 5.57. The molecule has 1 aromatic heterocycles. The first-order valence-electron chi connectivity index (χ1n) is 7.11. The quantitative estimate of drug-likeness (QED) is 0.346. The normalized spacial score (nSPS) is 11.0. The monoisotopic (exact) mass is 396 g/mol. The van der Waals surface area contributed by atoms with Crippen LogP contribution in [0.1, 0.15) is 0 Å². The van der Waals surface area contributed by atoms with Gasteiger partial charge in [0.25, 0.3) is 0 Å². The Balaban J connectivity index is 2.00. The molecule has 0 fully saturated rings. The summed E-state index contributed by atoms with van der Waals surface area (Å²) in [4.78, 5) is 4.76. The minimum atomic E-state index is 1.01. The summed E-state index contributed by atoms with van der Waals surface area (Å²) in [6.45, 7) is 0. The van der Waals surface area contributed by atoms with Crippen molar-refractivity contribution >= 4 is 55.8 Å². The largest absolute Gasteiger partial charge is 0.354 e. The third-order valence-corrected chi connectivity index (χ3v) is 4.35. The number of hydrogen-bond acceptors (Lipinski definition) is 2.